The van der Waals surface area contributed by atoms with Crippen molar-refractivity contribution in [1.29, 1.82) is 0 Å². The summed E-state index contributed by atoms with van der Waals surface area (Å²) in [4.78, 5) is 25.7. The normalized spacial score (nSPS) is 11.6. The second kappa shape index (κ2) is 8.62. The minimum Gasteiger partial charge on any atom is -0.467 e. The maximum atomic E-state index is 13.3. The highest BCUT2D eigenvalue weighted by Gasteiger charge is 2.25. The molecule has 4 nitrogen and oxygen atoms in total. The monoisotopic (exact) mass is 395 g/mol. The molecule has 30 heavy (non-hydrogen) atoms. The van der Waals surface area contributed by atoms with Crippen molar-refractivity contribution >= 4 is 22.6 Å². The molecule has 0 aliphatic heterocycles. The van der Waals surface area contributed by atoms with E-state index in [1.54, 1.807) is 12.1 Å². The third-order valence-corrected chi connectivity index (χ3v) is 5.06. The van der Waals surface area contributed by atoms with Gasteiger partial charge in [-0.15, -0.1) is 0 Å². The van der Waals surface area contributed by atoms with Gasteiger partial charge in [0.1, 0.15) is 0 Å². The second-order valence-electron chi connectivity index (χ2n) is 6.95. The Labute approximate surface area is 175 Å². The zero-order chi connectivity index (χ0) is 20.9. The number of methoxy groups -OCH3 is 1. The molecule has 1 atom stereocenters. The Morgan fingerprint density at radius 2 is 1.40 bits per heavy atom. The molecule has 148 valence electrons. The Morgan fingerprint density at radius 3 is 2.10 bits per heavy atom. The van der Waals surface area contributed by atoms with E-state index in [0.29, 0.717) is 11.1 Å². The number of hydrogen-bond acceptors (Lipinski definition) is 3. The van der Waals surface area contributed by atoms with Gasteiger partial charge >= 0.3 is 5.97 Å². The molecule has 4 heteroatoms. The van der Waals surface area contributed by atoms with E-state index in [0.717, 1.165) is 21.9 Å². The van der Waals surface area contributed by atoms with Crippen molar-refractivity contribution in [2.24, 2.45) is 0 Å². The average Bonchev–Trinajstić information content (AvgIpc) is 2.82. The topological polar surface area (TPSA) is 55.4 Å². The number of carbonyl (C=O) groups is 2. The van der Waals surface area contributed by atoms with Crippen molar-refractivity contribution in [1.82, 2.24) is 5.32 Å². The van der Waals surface area contributed by atoms with E-state index in [1.807, 2.05) is 78.9 Å². The molecule has 0 aliphatic rings. The summed E-state index contributed by atoms with van der Waals surface area (Å²) < 4.78 is 4.93. The van der Waals surface area contributed by atoms with Crippen LogP contribution in [0.15, 0.2) is 97.1 Å². The molecule has 0 radical (unpaired) electrons. The predicted molar refractivity (Wildman–Crippen MR) is 118 cm³/mol. The lowest BCUT2D eigenvalue weighted by Crippen LogP contribution is -2.34. The van der Waals surface area contributed by atoms with Crippen molar-refractivity contribution in [3.05, 3.63) is 108 Å². The molecular weight excluding hydrogens is 374 g/mol. The number of esters is 1. The number of benzene rings is 4. The first-order valence-corrected chi connectivity index (χ1v) is 9.69. The molecule has 0 spiro atoms. The molecular formula is C26H21NO3. The molecule has 4 rings (SSSR count). The van der Waals surface area contributed by atoms with E-state index < -0.39 is 12.0 Å². The van der Waals surface area contributed by atoms with Gasteiger partial charge in [0.25, 0.3) is 5.91 Å². The van der Waals surface area contributed by atoms with Gasteiger partial charge in [0.05, 0.1) is 7.11 Å². The minimum absolute atomic E-state index is 0.330. The third kappa shape index (κ3) is 3.94. The van der Waals surface area contributed by atoms with Crippen molar-refractivity contribution < 1.29 is 14.3 Å². The molecule has 4 aromatic carbocycles. The summed E-state index contributed by atoms with van der Waals surface area (Å²) in [6, 6.07) is 29.8. The van der Waals surface area contributed by atoms with Crippen molar-refractivity contribution in [2.45, 2.75) is 6.04 Å². The van der Waals surface area contributed by atoms with E-state index in [1.165, 1.54) is 7.11 Å². The largest absolute Gasteiger partial charge is 0.467 e. The molecule has 0 fully saturated rings. The lowest BCUT2D eigenvalue weighted by Gasteiger charge is -2.18. The van der Waals surface area contributed by atoms with Gasteiger partial charge in [0, 0.05) is 5.56 Å². The highest BCUT2D eigenvalue weighted by Crippen LogP contribution is 2.28. The van der Waals surface area contributed by atoms with Crippen LogP contribution in [-0.2, 0) is 9.53 Å². The molecule has 0 saturated carbocycles. The lowest BCUT2D eigenvalue weighted by atomic mass is 9.96. The summed E-state index contributed by atoms with van der Waals surface area (Å²) in [5, 5.41) is 4.64. The molecule has 0 aromatic heterocycles. The summed E-state index contributed by atoms with van der Waals surface area (Å²) in [5.41, 5.74) is 3.14. The number of ether oxygens (including phenoxy) is 1. The summed E-state index contributed by atoms with van der Waals surface area (Å²) in [6.45, 7) is 0. The van der Waals surface area contributed by atoms with Gasteiger partial charge in [0.15, 0.2) is 6.04 Å². The highest BCUT2D eigenvalue weighted by molar-refractivity contribution is 6.09. The Balaban J connectivity index is 1.77. The Morgan fingerprint density at radius 1 is 0.767 bits per heavy atom. The first-order chi connectivity index (χ1) is 14.7. The minimum atomic E-state index is -0.886. The van der Waals surface area contributed by atoms with Gasteiger partial charge in [-0.05, 0) is 39.6 Å². The highest BCUT2D eigenvalue weighted by atomic mass is 16.5. The van der Waals surface area contributed by atoms with Gasteiger partial charge in [-0.25, -0.2) is 4.79 Å². The van der Waals surface area contributed by atoms with Crippen molar-refractivity contribution in [3.8, 4) is 11.1 Å². The van der Waals surface area contributed by atoms with E-state index in [2.05, 4.69) is 11.4 Å². The van der Waals surface area contributed by atoms with Crippen molar-refractivity contribution in [3.63, 3.8) is 0 Å². The van der Waals surface area contributed by atoms with Crippen LogP contribution in [0, 0.1) is 0 Å². The maximum Gasteiger partial charge on any atom is 0.333 e. The number of carbonyl (C=O) groups excluding carboxylic acids is 2. The SMILES string of the molecule is COC(=O)[C@H](NC(=O)c1cc(-c2ccccc2)cc2ccccc12)c1ccccc1. The van der Waals surface area contributed by atoms with Gasteiger partial charge in [-0.2, -0.15) is 0 Å². The van der Waals surface area contributed by atoms with E-state index in [-0.39, 0.29) is 5.91 Å². The average molecular weight is 395 g/mol. The van der Waals surface area contributed by atoms with Crippen LogP contribution in [0.1, 0.15) is 22.0 Å². The standard InChI is InChI=1S/C26H21NO3/c1-30-26(29)24(19-12-6-3-7-13-19)27-25(28)23-17-21(18-10-4-2-5-11-18)16-20-14-8-9-15-22(20)23/h2-17,24H,1H3,(H,27,28)/t24-/m1/s1. The number of fused-ring (bicyclic) bond motifs is 1. The summed E-state index contributed by atoms with van der Waals surface area (Å²) in [7, 11) is 1.32. The van der Waals surface area contributed by atoms with Gasteiger partial charge in [0.2, 0.25) is 0 Å². The lowest BCUT2D eigenvalue weighted by molar-refractivity contribution is -0.143. The van der Waals surface area contributed by atoms with Crippen LogP contribution >= 0.6 is 0 Å². The van der Waals surface area contributed by atoms with Crippen LogP contribution in [0.4, 0.5) is 0 Å². The van der Waals surface area contributed by atoms with E-state index >= 15 is 0 Å². The first kappa shape index (κ1) is 19.4. The first-order valence-electron chi connectivity index (χ1n) is 9.69. The molecule has 0 aliphatic carbocycles. The summed E-state index contributed by atoms with van der Waals surface area (Å²) in [5.74, 6) is -0.846. The number of hydrogen-bond donors (Lipinski definition) is 1. The number of rotatable bonds is 5. The van der Waals surface area contributed by atoms with Crippen LogP contribution in [0.25, 0.3) is 21.9 Å². The van der Waals surface area contributed by atoms with Crippen molar-refractivity contribution in [2.75, 3.05) is 7.11 Å². The fraction of sp³-hybridized carbons (Fsp3) is 0.0769. The smallest absolute Gasteiger partial charge is 0.333 e. The molecule has 1 N–H and O–H groups in total. The molecule has 0 saturated heterocycles. The molecule has 0 unspecified atom stereocenters. The molecule has 0 heterocycles. The molecule has 4 aromatic rings. The number of amides is 1. The van der Waals surface area contributed by atoms with Crippen LogP contribution in [0.5, 0.6) is 0 Å². The van der Waals surface area contributed by atoms with Crippen LogP contribution in [0.3, 0.4) is 0 Å². The molecule has 0 bridgehead atoms. The quantitative estimate of drug-likeness (QED) is 0.476. The predicted octanol–water partition coefficient (Wildman–Crippen LogP) is 5.15. The van der Waals surface area contributed by atoms with Gasteiger partial charge in [-0.3, -0.25) is 4.79 Å². The zero-order valence-corrected chi connectivity index (χ0v) is 16.5. The summed E-state index contributed by atoms with van der Waals surface area (Å²) >= 11 is 0. The number of nitrogens with one attached hydrogen (secondary N) is 1. The fourth-order valence-corrected chi connectivity index (χ4v) is 3.55. The molecule has 1 amide bonds. The Bertz CT molecular complexity index is 1190. The Hall–Kier alpha value is -3.92. The van der Waals surface area contributed by atoms with E-state index in [4.69, 9.17) is 4.74 Å². The van der Waals surface area contributed by atoms with Gasteiger partial charge < -0.3 is 10.1 Å². The Kier molecular flexibility index (Phi) is 5.57. The van der Waals surface area contributed by atoms with Gasteiger partial charge in [-0.1, -0.05) is 84.9 Å². The maximum absolute atomic E-state index is 13.3. The third-order valence-electron chi connectivity index (χ3n) is 5.06. The zero-order valence-electron chi connectivity index (χ0n) is 16.5. The fourth-order valence-electron chi connectivity index (χ4n) is 3.55. The van der Waals surface area contributed by atoms with Crippen LogP contribution in [0.2, 0.25) is 0 Å². The van der Waals surface area contributed by atoms with Crippen LogP contribution in [-0.4, -0.2) is 19.0 Å². The second-order valence-corrected chi connectivity index (χ2v) is 6.95. The summed E-state index contributed by atoms with van der Waals surface area (Å²) in [6.07, 6.45) is 0. The van der Waals surface area contributed by atoms with Crippen LogP contribution < -0.4 is 5.32 Å². The van der Waals surface area contributed by atoms with E-state index in [9.17, 15) is 9.59 Å².